The van der Waals surface area contributed by atoms with Gasteiger partial charge >= 0.3 is 6.61 Å². The van der Waals surface area contributed by atoms with Crippen molar-refractivity contribution in [1.29, 1.82) is 0 Å². The van der Waals surface area contributed by atoms with Crippen LogP contribution < -0.4 is 10.1 Å². The summed E-state index contributed by atoms with van der Waals surface area (Å²) in [6, 6.07) is 9.95. The lowest BCUT2D eigenvalue weighted by Crippen LogP contribution is -2.15. The molecule has 1 N–H and O–H groups in total. The summed E-state index contributed by atoms with van der Waals surface area (Å²) >= 11 is 1.48. The Morgan fingerprint density at radius 3 is 2.83 bits per heavy atom. The fourth-order valence-corrected chi connectivity index (χ4v) is 4.66. The van der Waals surface area contributed by atoms with Gasteiger partial charge in [0.05, 0.1) is 17.4 Å². The summed E-state index contributed by atoms with van der Waals surface area (Å²) in [5.41, 5.74) is 2.59. The lowest BCUT2D eigenvalue weighted by atomic mass is 9.95. The van der Waals surface area contributed by atoms with Crippen LogP contribution in [0.5, 0.6) is 5.75 Å². The number of aromatic nitrogens is 1. The van der Waals surface area contributed by atoms with E-state index in [2.05, 4.69) is 20.0 Å². The van der Waals surface area contributed by atoms with Gasteiger partial charge in [-0.25, -0.2) is 4.99 Å². The molecule has 1 amide bonds. The first-order valence-electron chi connectivity index (χ1n) is 9.55. The molecule has 1 aliphatic carbocycles. The molecule has 8 heteroatoms. The fraction of sp³-hybridized carbons (Fsp3) is 0.227. The van der Waals surface area contributed by atoms with Crippen LogP contribution in [-0.4, -0.2) is 23.7 Å². The summed E-state index contributed by atoms with van der Waals surface area (Å²) in [6.45, 7) is -2.92. The Morgan fingerprint density at radius 2 is 2.03 bits per heavy atom. The minimum Gasteiger partial charge on any atom is -0.434 e. The van der Waals surface area contributed by atoms with Gasteiger partial charge in [0.25, 0.3) is 5.91 Å². The van der Waals surface area contributed by atoms with E-state index in [0.29, 0.717) is 21.8 Å². The minimum atomic E-state index is -2.92. The number of para-hydroxylation sites is 1. The number of ether oxygens (including phenoxy) is 1. The van der Waals surface area contributed by atoms with Crippen molar-refractivity contribution in [2.24, 2.45) is 4.99 Å². The second kappa shape index (κ2) is 9.13. The van der Waals surface area contributed by atoms with Crippen molar-refractivity contribution in [3.05, 3.63) is 70.4 Å². The van der Waals surface area contributed by atoms with Gasteiger partial charge in [0.15, 0.2) is 0 Å². The van der Waals surface area contributed by atoms with Crippen molar-refractivity contribution in [3.8, 4) is 5.75 Å². The van der Waals surface area contributed by atoms with Gasteiger partial charge in [-0.2, -0.15) is 8.78 Å². The van der Waals surface area contributed by atoms with Crippen LogP contribution in [0.4, 0.5) is 19.5 Å². The molecule has 0 fully saturated rings. The molecular formula is C22H19F2N3O2S. The molecule has 0 saturated heterocycles. The number of thiophene rings is 1. The zero-order valence-electron chi connectivity index (χ0n) is 16.0. The van der Waals surface area contributed by atoms with E-state index in [1.54, 1.807) is 42.7 Å². The van der Waals surface area contributed by atoms with E-state index in [1.165, 1.54) is 23.6 Å². The highest BCUT2D eigenvalue weighted by Crippen LogP contribution is 2.40. The Balaban J connectivity index is 1.68. The second-order valence-corrected chi connectivity index (χ2v) is 7.85. The van der Waals surface area contributed by atoms with Gasteiger partial charge in [-0.1, -0.05) is 12.1 Å². The summed E-state index contributed by atoms with van der Waals surface area (Å²) in [6.07, 6.45) is 8.51. The second-order valence-electron chi connectivity index (χ2n) is 6.76. The number of rotatable bonds is 6. The number of hydrogen-bond acceptors (Lipinski definition) is 5. The summed E-state index contributed by atoms with van der Waals surface area (Å²) < 4.78 is 29.9. The molecule has 0 bridgehead atoms. The predicted octanol–water partition coefficient (Wildman–Crippen LogP) is 5.63. The molecule has 4 rings (SSSR count). The van der Waals surface area contributed by atoms with Crippen molar-refractivity contribution in [3.63, 3.8) is 0 Å². The van der Waals surface area contributed by atoms with Gasteiger partial charge in [0, 0.05) is 22.9 Å². The molecule has 3 aromatic rings. The molecule has 30 heavy (non-hydrogen) atoms. The summed E-state index contributed by atoms with van der Waals surface area (Å²) in [5, 5.41) is 3.44. The van der Waals surface area contributed by atoms with E-state index in [0.717, 1.165) is 36.1 Å². The smallest absolute Gasteiger partial charge is 0.387 e. The maximum absolute atomic E-state index is 13.1. The molecule has 0 aliphatic heterocycles. The van der Waals surface area contributed by atoms with Crippen LogP contribution >= 0.6 is 11.3 Å². The van der Waals surface area contributed by atoms with Crippen LogP contribution in [0.25, 0.3) is 0 Å². The molecule has 154 valence electrons. The van der Waals surface area contributed by atoms with Crippen molar-refractivity contribution in [2.75, 3.05) is 5.32 Å². The topological polar surface area (TPSA) is 63.6 Å². The van der Waals surface area contributed by atoms with E-state index >= 15 is 0 Å². The van der Waals surface area contributed by atoms with E-state index < -0.39 is 6.61 Å². The van der Waals surface area contributed by atoms with Crippen LogP contribution in [0, 0.1) is 0 Å². The molecule has 2 aromatic heterocycles. The van der Waals surface area contributed by atoms with Gasteiger partial charge in [0.1, 0.15) is 10.8 Å². The molecule has 1 aromatic carbocycles. The zero-order chi connectivity index (χ0) is 20.9. The molecule has 0 spiro atoms. The number of fused-ring (bicyclic) bond motifs is 1. The number of aliphatic imine (C=N–C) groups is 1. The van der Waals surface area contributed by atoms with Crippen LogP contribution in [0.2, 0.25) is 0 Å². The number of nitrogens with one attached hydrogen (secondary N) is 1. The van der Waals surface area contributed by atoms with Gasteiger partial charge in [-0.05, 0) is 55.5 Å². The van der Waals surface area contributed by atoms with Crippen molar-refractivity contribution >= 4 is 34.1 Å². The molecule has 0 radical (unpaired) electrons. The Kier molecular flexibility index (Phi) is 6.13. The van der Waals surface area contributed by atoms with Crippen molar-refractivity contribution in [1.82, 2.24) is 4.98 Å². The highest BCUT2D eigenvalue weighted by atomic mass is 32.1. The third kappa shape index (κ3) is 4.54. The van der Waals surface area contributed by atoms with Crippen molar-refractivity contribution in [2.45, 2.75) is 32.3 Å². The van der Waals surface area contributed by atoms with E-state index in [-0.39, 0.29) is 11.7 Å². The highest BCUT2D eigenvalue weighted by Gasteiger charge is 2.25. The number of benzene rings is 1. The lowest BCUT2D eigenvalue weighted by Gasteiger charge is -2.12. The average Bonchev–Trinajstić information content (AvgIpc) is 3.12. The number of halogens is 2. The summed E-state index contributed by atoms with van der Waals surface area (Å²) in [4.78, 5) is 22.7. The number of carbonyl (C=O) groups is 1. The van der Waals surface area contributed by atoms with Gasteiger partial charge in [-0.15, -0.1) is 11.3 Å². The Bertz CT molecular complexity index is 1070. The molecule has 2 heterocycles. The van der Waals surface area contributed by atoms with Crippen LogP contribution in [0.1, 0.15) is 39.2 Å². The minimum absolute atomic E-state index is 0.0407. The number of hydrogen-bond donors (Lipinski definition) is 1. The molecule has 0 atom stereocenters. The fourth-order valence-electron chi connectivity index (χ4n) is 3.43. The highest BCUT2D eigenvalue weighted by molar-refractivity contribution is 7.16. The number of pyridine rings is 1. The molecule has 5 nitrogen and oxygen atoms in total. The number of anilines is 1. The first-order chi connectivity index (χ1) is 14.6. The monoisotopic (exact) mass is 427 g/mol. The maximum atomic E-state index is 13.1. The quantitative estimate of drug-likeness (QED) is 0.519. The normalized spacial score (nSPS) is 13.4. The van der Waals surface area contributed by atoms with Crippen LogP contribution in [0.15, 0.2) is 53.8 Å². The SMILES string of the molecule is O=C(Nc1cccnc1)c1c(N=Cc2ccccc2OC(F)F)sc2c1CCCC2. The van der Waals surface area contributed by atoms with E-state index in [1.807, 2.05) is 0 Å². The number of carbonyl (C=O) groups excluding carboxylic acids is 1. The van der Waals surface area contributed by atoms with E-state index in [9.17, 15) is 13.6 Å². The van der Waals surface area contributed by atoms with Gasteiger partial charge in [0.2, 0.25) is 0 Å². The standard InChI is InChI=1S/C22H19F2N3O2S/c23-22(24)29-17-9-3-1-6-14(17)12-26-21-19(16-8-2-4-10-18(16)30-21)20(28)27-15-7-5-11-25-13-15/h1,3,5-7,9,11-13,22H,2,4,8,10H2,(H,27,28). The molecule has 0 unspecified atom stereocenters. The average molecular weight is 427 g/mol. The Labute approximate surface area is 176 Å². The number of aryl methyl sites for hydroxylation is 1. The van der Waals surface area contributed by atoms with Gasteiger partial charge in [-0.3, -0.25) is 9.78 Å². The van der Waals surface area contributed by atoms with Crippen molar-refractivity contribution < 1.29 is 18.3 Å². The number of alkyl halides is 2. The summed E-state index contributed by atoms with van der Waals surface area (Å²) in [7, 11) is 0. The largest absolute Gasteiger partial charge is 0.434 e. The van der Waals surface area contributed by atoms with Gasteiger partial charge < -0.3 is 10.1 Å². The first kappa shape index (κ1) is 20.2. The molecule has 0 saturated carbocycles. The zero-order valence-corrected chi connectivity index (χ0v) is 16.8. The third-order valence-electron chi connectivity index (χ3n) is 4.76. The van der Waals surface area contributed by atoms with Crippen LogP contribution in [0.3, 0.4) is 0 Å². The Morgan fingerprint density at radius 1 is 1.20 bits per heavy atom. The number of nitrogens with zero attached hydrogens (tertiary/aromatic N) is 2. The third-order valence-corrected chi connectivity index (χ3v) is 5.95. The maximum Gasteiger partial charge on any atom is 0.387 e. The molecular weight excluding hydrogens is 408 g/mol. The summed E-state index contributed by atoms with van der Waals surface area (Å²) in [5.74, 6) is -0.203. The Hall–Kier alpha value is -3.13. The van der Waals surface area contributed by atoms with Crippen LogP contribution in [-0.2, 0) is 12.8 Å². The molecule has 1 aliphatic rings. The lowest BCUT2D eigenvalue weighted by molar-refractivity contribution is -0.0499. The van der Waals surface area contributed by atoms with E-state index in [4.69, 9.17) is 0 Å². The first-order valence-corrected chi connectivity index (χ1v) is 10.4. The number of amides is 1. The predicted molar refractivity (Wildman–Crippen MR) is 113 cm³/mol.